The first-order chi connectivity index (χ1) is 12.3. The van der Waals surface area contributed by atoms with Crippen molar-refractivity contribution in [1.82, 2.24) is 15.5 Å². The molecule has 3 N–H and O–H groups in total. The van der Waals surface area contributed by atoms with Gasteiger partial charge in [0.2, 0.25) is 0 Å². The number of nitrogens with one attached hydrogen (secondary N) is 2. The van der Waals surface area contributed by atoms with Crippen molar-refractivity contribution in [2.24, 2.45) is 5.92 Å². The minimum atomic E-state index is 0.331. The number of rotatable bonds is 5. The van der Waals surface area contributed by atoms with Crippen LogP contribution >= 0.6 is 0 Å². The van der Waals surface area contributed by atoms with Gasteiger partial charge in [0.05, 0.1) is 6.20 Å². The van der Waals surface area contributed by atoms with E-state index in [0.717, 1.165) is 38.9 Å². The van der Waals surface area contributed by atoms with Crippen molar-refractivity contribution < 1.29 is 5.11 Å². The molecule has 0 saturated carbocycles. The summed E-state index contributed by atoms with van der Waals surface area (Å²) in [6, 6.07) is 9.36. The highest BCUT2D eigenvalue weighted by atomic mass is 16.3. The number of aryl methyl sites for hydroxylation is 1. The van der Waals surface area contributed by atoms with E-state index in [1.54, 1.807) is 0 Å². The normalized spacial score (nSPS) is 21.3. The molecule has 2 aliphatic rings. The van der Waals surface area contributed by atoms with Gasteiger partial charge in [0.25, 0.3) is 0 Å². The van der Waals surface area contributed by atoms with Gasteiger partial charge in [0.1, 0.15) is 0 Å². The van der Waals surface area contributed by atoms with Gasteiger partial charge in [-0.1, -0.05) is 12.1 Å². The number of aromatic nitrogens is 2. The molecule has 1 aromatic heterocycles. The fourth-order valence-electron chi connectivity index (χ4n) is 4.11. The Hall–Kier alpha value is -1.85. The monoisotopic (exact) mass is 340 g/mol. The Labute approximate surface area is 149 Å². The largest absolute Gasteiger partial charge is 0.396 e. The van der Waals surface area contributed by atoms with E-state index in [1.807, 2.05) is 6.20 Å². The predicted octanol–water partition coefficient (Wildman–Crippen LogP) is 2.79. The van der Waals surface area contributed by atoms with E-state index in [4.69, 9.17) is 0 Å². The molecule has 0 bridgehead atoms. The van der Waals surface area contributed by atoms with Crippen molar-refractivity contribution in [3.8, 4) is 0 Å². The number of H-pyrrole nitrogens is 1. The van der Waals surface area contributed by atoms with Crippen molar-refractivity contribution in [3.05, 3.63) is 47.3 Å². The van der Waals surface area contributed by atoms with Crippen molar-refractivity contribution in [3.63, 3.8) is 0 Å². The second kappa shape index (κ2) is 7.58. The van der Waals surface area contributed by atoms with Crippen LogP contribution in [0.2, 0.25) is 0 Å². The molecule has 1 aromatic carbocycles. The Morgan fingerprint density at radius 3 is 2.72 bits per heavy atom. The second-order valence-corrected chi connectivity index (χ2v) is 7.41. The first kappa shape index (κ1) is 16.6. The van der Waals surface area contributed by atoms with Gasteiger partial charge in [0, 0.05) is 49.2 Å². The summed E-state index contributed by atoms with van der Waals surface area (Å²) in [7, 11) is 0. The molecule has 25 heavy (non-hydrogen) atoms. The average Bonchev–Trinajstić information content (AvgIpc) is 3.16. The third kappa shape index (κ3) is 3.72. The topological polar surface area (TPSA) is 64.2 Å². The first-order valence-electron chi connectivity index (χ1n) is 9.54. The Morgan fingerprint density at radius 2 is 1.96 bits per heavy atom. The van der Waals surface area contributed by atoms with Gasteiger partial charge in [-0.05, 0) is 55.7 Å². The summed E-state index contributed by atoms with van der Waals surface area (Å²) in [6.45, 7) is 3.32. The number of nitrogens with zero attached hydrogens (tertiary/aromatic N) is 2. The van der Waals surface area contributed by atoms with E-state index in [1.165, 1.54) is 35.3 Å². The average molecular weight is 340 g/mol. The molecule has 1 aliphatic heterocycles. The fourth-order valence-corrected chi connectivity index (χ4v) is 4.11. The van der Waals surface area contributed by atoms with E-state index in [9.17, 15) is 5.11 Å². The molecule has 4 rings (SSSR count). The smallest absolute Gasteiger partial charge is 0.0538 e. The number of hydrogen-bond acceptors (Lipinski definition) is 4. The lowest BCUT2D eigenvalue weighted by Gasteiger charge is -2.33. The van der Waals surface area contributed by atoms with Crippen molar-refractivity contribution in [2.75, 3.05) is 24.6 Å². The number of fused-ring (bicyclic) bond motifs is 1. The van der Waals surface area contributed by atoms with Gasteiger partial charge in [-0.3, -0.25) is 5.10 Å². The summed E-state index contributed by atoms with van der Waals surface area (Å²) in [4.78, 5) is 2.43. The predicted molar refractivity (Wildman–Crippen MR) is 99.6 cm³/mol. The molecule has 5 heteroatoms. The minimum Gasteiger partial charge on any atom is -0.396 e. The van der Waals surface area contributed by atoms with Crippen LogP contribution in [0, 0.1) is 5.92 Å². The van der Waals surface area contributed by atoms with Gasteiger partial charge >= 0.3 is 0 Å². The lowest BCUT2D eigenvalue weighted by molar-refractivity contribution is 0.203. The van der Waals surface area contributed by atoms with Crippen molar-refractivity contribution in [1.29, 1.82) is 0 Å². The van der Waals surface area contributed by atoms with Crippen LogP contribution in [0.3, 0.4) is 0 Å². The van der Waals surface area contributed by atoms with Crippen molar-refractivity contribution in [2.45, 2.75) is 44.7 Å². The summed E-state index contributed by atoms with van der Waals surface area (Å²) >= 11 is 0. The molecule has 2 aromatic rings. The molecule has 0 radical (unpaired) electrons. The Bertz CT molecular complexity index is 673. The summed E-state index contributed by atoms with van der Waals surface area (Å²) in [5.74, 6) is 0.489. The molecule has 1 saturated heterocycles. The Morgan fingerprint density at radius 1 is 1.16 bits per heavy atom. The van der Waals surface area contributed by atoms with E-state index >= 15 is 0 Å². The van der Waals surface area contributed by atoms with Crippen molar-refractivity contribution >= 4 is 5.69 Å². The van der Waals surface area contributed by atoms with Gasteiger partial charge in [-0.25, -0.2) is 0 Å². The van der Waals surface area contributed by atoms with Gasteiger partial charge in [-0.15, -0.1) is 0 Å². The number of aliphatic hydroxyl groups excluding tert-OH is 1. The molecule has 1 fully saturated rings. The summed E-state index contributed by atoms with van der Waals surface area (Å²) < 4.78 is 0. The van der Waals surface area contributed by atoms with Crippen LogP contribution in [0.1, 0.15) is 48.5 Å². The molecule has 5 nitrogen and oxygen atoms in total. The Kier molecular flexibility index (Phi) is 5.04. The lowest BCUT2D eigenvalue weighted by atomic mass is 9.93. The van der Waals surface area contributed by atoms with Gasteiger partial charge < -0.3 is 15.3 Å². The van der Waals surface area contributed by atoms with Crippen LogP contribution in [0.4, 0.5) is 5.69 Å². The SMILES string of the molecule is OCC1CCN(c2ccc(CNC3CCCc4[nH]ncc43)cc2)CC1. The third-order valence-corrected chi connectivity index (χ3v) is 5.77. The summed E-state index contributed by atoms with van der Waals surface area (Å²) in [6.07, 6.45) is 7.68. The van der Waals surface area contributed by atoms with Crippen LogP contribution in [0.5, 0.6) is 0 Å². The fraction of sp³-hybridized carbons (Fsp3) is 0.550. The zero-order valence-corrected chi connectivity index (χ0v) is 14.7. The van der Waals surface area contributed by atoms with Crippen LogP contribution in [0.25, 0.3) is 0 Å². The zero-order valence-electron chi connectivity index (χ0n) is 14.7. The maximum absolute atomic E-state index is 9.27. The molecule has 134 valence electrons. The first-order valence-corrected chi connectivity index (χ1v) is 9.54. The highest BCUT2D eigenvalue weighted by Gasteiger charge is 2.21. The molecule has 0 spiro atoms. The van der Waals surface area contributed by atoms with Crippen LogP contribution < -0.4 is 10.2 Å². The number of aromatic amines is 1. The summed E-state index contributed by atoms with van der Waals surface area (Å²) in [5.41, 5.74) is 5.26. The van der Waals surface area contributed by atoms with Crippen LogP contribution in [0.15, 0.2) is 30.5 Å². The second-order valence-electron chi connectivity index (χ2n) is 7.41. The molecular weight excluding hydrogens is 312 g/mol. The number of benzene rings is 1. The number of piperidine rings is 1. The quantitative estimate of drug-likeness (QED) is 0.783. The highest BCUT2D eigenvalue weighted by molar-refractivity contribution is 5.48. The molecule has 0 amide bonds. The number of anilines is 1. The van der Waals surface area contributed by atoms with E-state index < -0.39 is 0 Å². The molecule has 2 heterocycles. The van der Waals surface area contributed by atoms with Crippen LogP contribution in [-0.2, 0) is 13.0 Å². The van der Waals surface area contributed by atoms with Crippen LogP contribution in [-0.4, -0.2) is 35.0 Å². The third-order valence-electron chi connectivity index (χ3n) is 5.77. The van der Waals surface area contributed by atoms with E-state index in [0.29, 0.717) is 18.6 Å². The number of hydrogen-bond donors (Lipinski definition) is 3. The maximum Gasteiger partial charge on any atom is 0.0538 e. The van der Waals surface area contributed by atoms with E-state index in [2.05, 4.69) is 44.7 Å². The standard InChI is InChI=1S/C20H28N4O/c25-14-16-8-10-24(11-9-16)17-6-4-15(5-7-17)12-21-19-2-1-3-20-18(19)13-22-23-20/h4-7,13,16,19,21,25H,1-3,8-12,14H2,(H,22,23). The molecule has 1 atom stereocenters. The highest BCUT2D eigenvalue weighted by Crippen LogP contribution is 2.28. The molecule has 1 unspecified atom stereocenters. The lowest BCUT2D eigenvalue weighted by Crippen LogP contribution is -2.34. The molecular formula is C20H28N4O. The van der Waals surface area contributed by atoms with Gasteiger partial charge in [0.15, 0.2) is 0 Å². The Balaban J connectivity index is 1.33. The van der Waals surface area contributed by atoms with E-state index in [-0.39, 0.29) is 0 Å². The zero-order chi connectivity index (χ0) is 17.1. The minimum absolute atomic E-state index is 0.331. The molecule has 1 aliphatic carbocycles. The van der Waals surface area contributed by atoms with Gasteiger partial charge in [-0.2, -0.15) is 5.10 Å². The maximum atomic E-state index is 9.27. The summed E-state index contributed by atoms with van der Waals surface area (Å²) in [5, 5.41) is 20.3. The number of aliphatic hydroxyl groups is 1.